The molecule has 142 valence electrons. The molecule has 2 aromatic carbocycles. The Balaban J connectivity index is 1.47. The zero-order valence-electron chi connectivity index (χ0n) is 15.8. The van der Waals surface area contributed by atoms with Crippen molar-refractivity contribution < 1.29 is 9.59 Å². The van der Waals surface area contributed by atoms with Crippen LogP contribution in [0.5, 0.6) is 0 Å². The predicted octanol–water partition coefficient (Wildman–Crippen LogP) is 3.89. The van der Waals surface area contributed by atoms with Crippen LogP contribution in [0.2, 0.25) is 0 Å². The molecule has 0 spiro atoms. The number of nitrogens with one attached hydrogen (secondary N) is 2. The van der Waals surface area contributed by atoms with Gasteiger partial charge in [-0.05, 0) is 54.3 Å². The van der Waals surface area contributed by atoms with Crippen LogP contribution in [0.4, 0.5) is 5.69 Å². The van der Waals surface area contributed by atoms with E-state index in [2.05, 4.69) is 34.7 Å². The van der Waals surface area contributed by atoms with Crippen molar-refractivity contribution in [3.63, 3.8) is 0 Å². The van der Waals surface area contributed by atoms with Crippen LogP contribution in [0.3, 0.4) is 0 Å². The van der Waals surface area contributed by atoms with Crippen LogP contribution in [0, 0.1) is 6.92 Å². The topological polar surface area (TPSA) is 71.1 Å². The number of carbonyl (C=O) groups is 2. The summed E-state index contributed by atoms with van der Waals surface area (Å²) < 4.78 is 0. The van der Waals surface area contributed by atoms with Gasteiger partial charge in [0.25, 0.3) is 5.91 Å². The van der Waals surface area contributed by atoms with Gasteiger partial charge in [0.2, 0.25) is 5.91 Å². The molecule has 3 aromatic rings. The van der Waals surface area contributed by atoms with E-state index in [0.717, 1.165) is 17.7 Å². The molecule has 0 radical (unpaired) electrons. The number of pyridine rings is 1. The van der Waals surface area contributed by atoms with E-state index < -0.39 is 0 Å². The molecule has 2 N–H and O–H groups in total. The van der Waals surface area contributed by atoms with Crippen molar-refractivity contribution in [2.24, 2.45) is 0 Å². The van der Waals surface area contributed by atoms with Crippen LogP contribution < -0.4 is 10.6 Å². The first-order valence-corrected chi connectivity index (χ1v) is 9.23. The number of rotatable bonds is 7. The molecule has 0 saturated heterocycles. The van der Waals surface area contributed by atoms with Gasteiger partial charge in [-0.3, -0.25) is 14.6 Å². The van der Waals surface area contributed by atoms with E-state index in [0.29, 0.717) is 18.5 Å². The molecule has 28 heavy (non-hydrogen) atoms. The molecule has 0 unspecified atom stereocenters. The largest absolute Gasteiger partial charge is 0.348 e. The quantitative estimate of drug-likeness (QED) is 0.660. The number of hydrogen-bond donors (Lipinski definition) is 2. The normalized spacial score (nSPS) is 10.3. The summed E-state index contributed by atoms with van der Waals surface area (Å²) in [5.74, 6) is -0.178. The van der Waals surface area contributed by atoms with Gasteiger partial charge in [0, 0.05) is 31.0 Å². The van der Waals surface area contributed by atoms with Crippen LogP contribution in [0.15, 0.2) is 73.1 Å². The molecule has 0 saturated carbocycles. The minimum absolute atomic E-state index is 0.0131. The van der Waals surface area contributed by atoms with E-state index in [4.69, 9.17) is 0 Å². The molecule has 2 amide bonds. The Labute approximate surface area is 164 Å². The summed E-state index contributed by atoms with van der Waals surface area (Å²) in [6.45, 7) is 2.47. The minimum atomic E-state index is -0.165. The van der Waals surface area contributed by atoms with E-state index in [1.54, 1.807) is 18.3 Å². The van der Waals surface area contributed by atoms with Crippen LogP contribution in [0.1, 0.15) is 33.5 Å². The average molecular weight is 373 g/mol. The average Bonchev–Trinajstić information content (AvgIpc) is 2.73. The number of aryl methyl sites for hydroxylation is 2. The van der Waals surface area contributed by atoms with Crippen molar-refractivity contribution in [1.29, 1.82) is 0 Å². The Kier molecular flexibility index (Phi) is 6.52. The first-order valence-electron chi connectivity index (χ1n) is 9.23. The van der Waals surface area contributed by atoms with Crippen molar-refractivity contribution in [2.75, 3.05) is 5.32 Å². The van der Waals surface area contributed by atoms with Gasteiger partial charge in [0.1, 0.15) is 0 Å². The first-order chi connectivity index (χ1) is 13.6. The molecule has 0 bridgehead atoms. The van der Waals surface area contributed by atoms with Crippen molar-refractivity contribution in [3.05, 3.63) is 95.3 Å². The predicted molar refractivity (Wildman–Crippen MR) is 110 cm³/mol. The lowest BCUT2D eigenvalue weighted by Gasteiger charge is -2.09. The highest BCUT2D eigenvalue weighted by Gasteiger charge is 2.06. The third-order valence-electron chi connectivity index (χ3n) is 4.50. The maximum Gasteiger partial charge on any atom is 0.253 e. The second kappa shape index (κ2) is 9.46. The van der Waals surface area contributed by atoms with Crippen molar-refractivity contribution in [1.82, 2.24) is 10.3 Å². The van der Waals surface area contributed by atoms with Gasteiger partial charge in [-0.25, -0.2) is 0 Å². The molecule has 5 nitrogen and oxygen atoms in total. The molecule has 0 aliphatic heterocycles. The van der Waals surface area contributed by atoms with E-state index in [1.807, 2.05) is 36.4 Å². The molecule has 1 aromatic heterocycles. The highest BCUT2D eigenvalue weighted by Crippen LogP contribution is 2.13. The van der Waals surface area contributed by atoms with E-state index >= 15 is 0 Å². The third kappa shape index (κ3) is 5.51. The molecule has 3 rings (SSSR count). The van der Waals surface area contributed by atoms with Gasteiger partial charge in [-0.15, -0.1) is 0 Å². The molecule has 1 heterocycles. The monoisotopic (exact) mass is 373 g/mol. The summed E-state index contributed by atoms with van der Waals surface area (Å²) in [6, 6.07) is 19.0. The summed E-state index contributed by atoms with van der Waals surface area (Å²) in [4.78, 5) is 28.2. The summed E-state index contributed by atoms with van der Waals surface area (Å²) >= 11 is 0. The highest BCUT2D eigenvalue weighted by molar-refractivity contribution is 5.93. The van der Waals surface area contributed by atoms with Gasteiger partial charge < -0.3 is 10.6 Å². The van der Waals surface area contributed by atoms with Gasteiger partial charge in [-0.2, -0.15) is 0 Å². The zero-order chi connectivity index (χ0) is 19.8. The Morgan fingerprint density at radius 3 is 2.46 bits per heavy atom. The van der Waals surface area contributed by atoms with Crippen LogP contribution in [-0.4, -0.2) is 16.8 Å². The van der Waals surface area contributed by atoms with Crippen LogP contribution in [0.25, 0.3) is 0 Å². The number of carbonyl (C=O) groups excluding carboxylic acids is 2. The fourth-order valence-corrected chi connectivity index (χ4v) is 2.85. The van der Waals surface area contributed by atoms with Gasteiger partial charge in [0.15, 0.2) is 0 Å². The third-order valence-corrected chi connectivity index (χ3v) is 4.50. The second-order valence-corrected chi connectivity index (χ2v) is 6.60. The van der Waals surface area contributed by atoms with E-state index in [9.17, 15) is 9.59 Å². The number of benzene rings is 2. The number of hydrogen-bond acceptors (Lipinski definition) is 3. The van der Waals surface area contributed by atoms with Gasteiger partial charge in [-0.1, -0.05) is 36.4 Å². The smallest absolute Gasteiger partial charge is 0.253 e. The lowest BCUT2D eigenvalue weighted by molar-refractivity contribution is -0.116. The highest BCUT2D eigenvalue weighted by atomic mass is 16.2. The van der Waals surface area contributed by atoms with E-state index in [-0.39, 0.29) is 11.8 Å². The minimum Gasteiger partial charge on any atom is -0.348 e. The SMILES string of the molecule is Cc1ccccc1CCC(=O)Nc1ccc(CNC(=O)c2cccnc2)cc1. The fourth-order valence-electron chi connectivity index (χ4n) is 2.85. The van der Waals surface area contributed by atoms with Crippen LogP contribution >= 0.6 is 0 Å². The summed E-state index contributed by atoms with van der Waals surface area (Å²) in [5.41, 5.74) is 4.62. The summed E-state index contributed by atoms with van der Waals surface area (Å²) in [6.07, 6.45) is 4.32. The molecular formula is C23H23N3O2. The zero-order valence-corrected chi connectivity index (χ0v) is 15.8. The molecule has 5 heteroatoms. The standard InChI is InChI=1S/C23H23N3O2/c1-17-5-2-3-6-19(17)10-13-22(27)26-21-11-8-18(9-12-21)15-25-23(28)20-7-4-14-24-16-20/h2-9,11-12,14,16H,10,13,15H2,1H3,(H,25,28)(H,26,27). The van der Waals surface area contributed by atoms with Crippen molar-refractivity contribution in [2.45, 2.75) is 26.3 Å². The Bertz CT molecular complexity index is 938. The summed E-state index contributed by atoms with van der Waals surface area (Å²) in [7, 11) is 0. The molecule has 0 aliphatic rings. The Morgan fingerprint density at radius 1 is 0.964 bits per heavy atom. The Hall–Kier alpha value is -3.47. The number of amides is 2. The lowest BCUT2D eigenvalue weighted by atomic mass is 10.0. The first kappa shape index (κ1) is 19.3. The second-order valence-electron chi connectivity index (χ2n) is 6.60. The lowest BCUT2D eigenvalue weighted by Crippen LogP contribution is -2.22. The van der Waals surface area contributed by atoms with Crippen LogP contribution in [-0.2, 0) is 17.8 Å². The number of aromatic nitrogens is 1. The van der Waals surface area contributed by atoms with E-state index in [1.165, 1.54) is 17.3 Å². The maximum atomic E-state index is 12.2. The van der Waals surface area contributed by atoms with Gasteiger partial charge >= 0.3 is 0 Å². The molecule has 0 atom stereocenters. The molecular weight excluding hydrogens is 350 g/mol. The van der Waals surface area contributed by atoms with Crippen molar-refractivity contribution in [3.8, 4) is 0 Å². The molecule has 0 aliphatic carbocycles. The maximum absolute atomic E-state index is 12.2. The van der Waals surface area contributed by atoms with Crippen molar-refractivity contribution >= 4 is 17.5 Å². The summed E-state index contributed by atoms with van der Waals surface area (Å²) in [5, 5.41) is 5.77. The molecule has 0 fully saturated rings. The fraction of sp³-hybridized carbons (Fsp3) is 0.174. The number of nitrogens with zero attached hydrogens (tertiary/aromatic N) is 1. The Morgan fingerprint density at radius 2 is 1.75 bits per heavy atom. The van der Waals surface area contributed by atoms with Gasteiger partial charge in [0.05, 0.1) is 5.56 Å². The number of anilines is 1.